The lowest BCUT2D eigenvalue weighted by Crippen LogP contribution is -2.40. The third-order valence-corrected chi connectivity index (χ3v) is 6.94. The van der Waals surface area contributed by atoms with E-state index in [2.05, 4.69) is 10.3 Å². The van der Waals surface area contributed by atoms with E-state index in [0.717, 1.165) is 18.2 Å². The number of alkyl halides is 3. The Hall–Kier alpha value is -4.61. The van der Waals surface area contributed by atoms with E-state index in [9.17, 15) is 27.2 Å². The minimum atomic E-state index is -4.85. The fourth-order valence-corrected chi connectivity index (χ4v) is 4.58. The van der Waals surface area contributed by atoms with Crippen LogP contribution in [0.2, 0.25) is 0 Å². The van der Waals surface area contributed by atoms with Crippen molar-refractivity contribution >= 4 is 22.8 Å². The maximum absolute atomic E-state index is 14.4. The van der Waals surface area contributed by atoms with E-state index in [-0.39, 0.29) is 34.9 Å². The van der Waals surface area contributed by atoms with Crippen LogP contribution >= 0.6 is 0 Å². The van der Waals surface area contributed by atoms with Crippen LogP contribution in [-0.4, -0.2) is 43.2 Å². The van der Waals surface area contributed by atoms with Crippen molar-refractivity contribution < 1.29 is 41.0 Å². The van der Waals surface area contributed by atoms with E-state index in [0.29, 0.717) is 16.7 Å². The van der Waals surface area contributed by atoms with E-state index in [1.165, 1.54) is 32.2 Å². The molecule has 0 bridgehead atoms. The zero-order chi connectivity index (χ0) is 28.8. The first-order chi connectivity index (χ1) is 18.9. The molecule has 2 aromatic heterocycles. The molecule has 4 aromatic rings. The minimum absolute atomic E-state index is 0.0116. The Morgan fingerprint density at radius 1 is 1.18 bits per heavy atom. The number of amides is 2. The summed E-state index contributed by atoms with van der Waals surface area (Å²) >= 11 is 0. The molecule has 2 aromatic carbocycles. The van der Waals surface area contributed by atoms with Gasteiger partial charge in [0.05, 0.1) is 18.2 Å². The molecule has 1 unspecified atom stereocenters. The molecule has 0 aliphatic carbocycles. The second kappa shape index (κ2) is 9.85. The molecule has 1 aliphatic rings. The predicted molar refractivity (Wildman–Crippen MR) is 136 cm³/mol. The number of methoxy groups -OCH3 is 1. The molecule has 0 spiro atoms. The molecule has 2 amide bonds. The smallest absolute Gasteiger partial charge is 0.398 e. The number of nitrogens with zero attached hydrogens (tertiary/aromatic N) is 1. The number of hydrogen-bond acceptors (Lipinski definition) is 6. The van der Waals surface area contributed by atoms with Crippen LogP contribution < -0.4 is 20.5 Å². The summed E-state index contributed by atoms with van der Waals surface area (Å²) in [6, 6.07) is 12.3. The number of primary amides is 1. The van der Waals surface area contributed by atoms with E-state index < -0.39 is 47.4 Å². The molecule has 12 heteroatoms. The van der Waals surface area contributed by atoms with Gasteiger partial charge < -0.3 is 24.9 Å². The molecule has 208 valence electrons. The number of carbonyl (C=O) groups is 2. The summed E-state index contributed by atoms with van der Waals surface area (Å²) < 4.78 is 73.2. The highest BCUT2D eigenvalue weighted by molar-refractivity contribution is 5.97. The van der Waals surface area contributed by atoms with Crippen LogP contribution in [0.25, 0.3) is 22.2 Å². The number of fused-ring (bicyclic) bond motifs is 2. The Morgan fingerprint density at radius 3 is 2.55 bits per heavy atom. The van der Waals surface area contributed by atoms with Crippen molar-refractivity contribution in [3.05, 3.63) is 77.4 Å². The Labute approximate surface area is 225 Å². The van der Waals surface area contributed by atoms with E-state index in [1.54, 1.807) is 18.2 Å². The number of pyridine rings is 1. The van der Waals surface area contributed by atoms with Crippen LogP contribution in [0.4, 0.5) is 17.6 Å². The molecule has 5 rings (SSSR count). The fourth-order valence-electron chi connectivity index (χ4n) is 4.58. The van der Waals surface area contributed by atoms with Crippen molar-refractivity contribution in [3.8, 4) is 22.8 Å². The summed E-state index contributed by atoms with van der Waals surface area (Å²) in [4.78, 5) is 29.4. The monoisotopic (exact) mass is 557 g/mol. The van der Waals surface area contributed by atoms with Crippen molar-refractivity contribution in [2.45, 2.75) is 24.4 Å². The summed E-state index contributed by atoms with van der Waals surface area (Å²) in [6.45, 7) is 0.360. The number of rotatable bonds is 7. The number of nitrogens with one attached hydrogen (secondary N) is 1. The lowest BCUT2D eigenvalue weighted by atomic mass is 9.82. The second-order valence-electron chi connectivity index (χ2n) is 9.55. The van der Waals surface area contributed by atoms with Gasteiger partial charge in [0.1, 0.15) is 46.5 Å². The molecule has 2 atom stereocenters. The van der Waals surface area contributed by atoms with Crippen LogP contribution in [0.3, 0.4) is 0 Å². The van der Waals surface area contributed by atoms with E-state index in [4.69, 9.17) is 19.6 Å². The Kier molecular flexibility index (Phi) is 6.64. The van der Waals surface area contributed by atoms with Crippen molar-refractivity contribution in [3.63, 3.8) is 0 Å². The van der Waals surface area contributed by atoms with Gasteiger partial charge in [0.15, 0.2) is 5.76 Å². The SMILES string of the molecule is COc1cccc2oc(C(=O)NCC(c3cc4c(c(-c5ccc(F)cc5)n3)OC[C@]4(C)C(N)=O)C(F)(F)F)cc12. The molecule has 1 aliphatic heterocycles. The van der Waals surface area contributed by atoms with Gasteiger partial charge in [-0.25, -0.2) is 9.37 Å². The Morgan fingerprint density at radius 2 is 1.90 bits per heavy atom. The van der Waals surface area contributed by atoms with Crippen LogP contribution in [0, 0.1) is 5.82 Å². The molecular formula is C28H23F4N3O5. The van der Waals surface area contributed by atoms with Gasteiger partial charge in [0.2, 0.25) is 5.91 Å². The molecule has 8 nitrogen and oxygen atoms in total. The fraction of sp³-hybridized carbons (Fsp3) is 0.250. The molecular weight excluding hydrogens is 534 g/mol. The normalized spacial score (nSPS) is 17.2. The summed E-state index contributed by atoms with van der Waals surface area (Å²) in [5.41, 5.74) is 4.39. The quantitative estimate of drug-likeness (QED) is 0.314. The lowest BCUT2D eigenvalue weighted by molar-refractivity contribution is -0.149. The number of ether oxygens (including phenoxy) is 2. The highest BCUT2D eigenvalue weighted by atomic mass is 19.4. The standard InChI is InChI=1S/C28H23F4N3O5/c1-27(26(33)37)13-39-24-17(27)11-19(35-23(24)14-6-8-15(29)9-7-14)18(28(30,31)32)12-34-25(36)22-10-16-20(38-2)4-3-5-21(16)40-22/h3-11,18H,12-13H2,1-2H3,(H2,33,37)(H,34,36)/t18?,27-/m0/s1. The zero-order valence-electron chi connectivity index (χ0n) is 21.3. The average Bonchev–Trinajstić information content (AvgIpc) is 3.50. The zero-order valence-corrected chi connectivity index (χ0v) is 21.3. The molecule has 0 saturated heterocycles. The van der Waals surface area contributed by atoms with Gasteiger partial charge in [-0.05, 0) is 49.4 Å². The molecule has 0 saturated carbocycles. The maximum atomic E-state index is 14.4. The minimum Gasteiger partial charge on any atom is -0.496 e. The van der Waals surface area contributed by atoms with Gasteiger partial charge >= 0.3 is 6.18 Å². The highest BCUT2D eigenvalue weighted by Crippen LogP contribution is 2.46. The topological polar surface area (TPSA) is 117 Å². The van der Waals surface area contributed by atoms with Crippen LogP contribution in [0.5, 0.6) is 11.5 Å². The number of carbonyl (C=O) groups excluding carboxylic acids is 2. The summed E-state index contributed by atoms with van der Waals surface area (Å²) in [7, 11) is 1.44. The van der Waals surface area contributed by atoms with Gasteiger partial charge in [-0.3, -0.25) is 9.59 Å². The van der Waals surface area contributed by atoms with Gasteiger partial charge in [-0.2, -0.15) is 13.2 Å². The lowest BCUT2D eigenvalue weighted by Gasteiger charge is -2.23. The largest absolute Gasteiger partial charge is 0.496 e. The third-order valence-electron chi connectivity index (χ3n) is 6.94. The summed E-state index contributed by atoms with van der Waals surface area (Å²) in [5, 5.41) is 2.76. The first kappa shape index (κ1) is 27.0. The molecule has 3 N–H and O–H groups in total. The number of halogens is 4. The van der Waals surface area contributed by atoms with Crippen LogP contribution in [0.15, 0.2) is 59.0 Å². The highest BCUT2D eigenvalue weighted by Gasteiger charge is 2.47. The van der Waals surface area contributed by atoms with E-state index in [1.807, 2.05) is 0 Å². The van der Waals surface area contributed by atoms with Crippen LogP contribution in [0.1, 0.15) is 34.7 Å². The van der Waals surface area contributed by atoms with Gasteiger partial charge in [-0.1, -0.05) is 6.07 Å². The average molecular weight is 558 g/mol. The number of hydrogen-bond donors (Lipinski definition) is 2. The first-order valence-corrected chi connectivity index (χ1v) is 12.1. The van der Waals surface area contributed by atoms with Crippen molar-refractivity contribution in [1.82, 2.24) is 10.3 Å². The van der Waals surface area contributed by atoms with Crippen molar-refractivity contribution in [2.24, 2.45) is 5.73 Å². The number of nitrogens with two attached hydrogens (primary N) is 1. The summed E-state index contributed by atoms with van der Waals surface area (Å²) in [6.07, 6.45) is -4.85. The van der Waals surface area contributed by atoms with Gasteiger partial charge in [0, 0.05) is 23.7 Å². The molecule has 3 heterocycles. The second-order valence-corrected chi connectivity index (χ2v) is 9.55. The predicted octanol–water partition coefficient (Wildman–Crippen LogP) is 4.85. The number of aromatic nitrogens is 1. The maximum Gasteiger partial charge on any atom is 0.398 e. The van der Waals surface area contributed by atoms with Crippen molar-refractivity contribution in [1.29, 1.82) is 0 Å². The molecule has 0 radical (unpaired) electrons. The third kappa shape index (κ3) is 4.69. The van der Waals surface area contributed by atoms with E-state index >= 15 is 0 Å². The first-order valence-electron chi connectivity index (χ1n) is 12.1. The van der Waals surface area contributed by atoms with Crippen LogP contribution in [-0.2, 0) is 10.2 Å². The molecule has 40 heavy (non-hydrogen) atoms. The van der Waals surface area contributed by atoms with Gasteiger partial charge in [0.25, 0.3) is 5.91 Å². The number of benzene rings is 2. The van der Waals surface area contributed by atoms with Gasteiger partial charge in [-0.15, -0.1) is 0 Å². The number of furan rings is 1. The molecule has 0 fully saturated rings. The van der Waals surface area contributed by atoms with Crippen molar-refractivity contribution in [2.75, 3.05) is 20.3 Å². The Bertz CT molecular complexity index is 1620. The Balaban J connectivity index is 1.53. The summed E-state index contributed by atoms with van der Waals surface area (Å²) in [5.74, 6) is -4.20.